The number of fused-ring (bicyclic) bond motifs is 1. The SMILES string of the molecule is O=C(Cn1c(CCNC(=O)C2CCCO2)nc2ccccc21)Nc1ccccc1Cl. The maximum atomic E-state index is 12.7. The van der Waals surface area contributed by atoms with E-state index in [1.165, 1.54) is 0 Å². The summed E-state index contributed by atoms with van der Waals surface area (Å²) in [6.45, 7) is 1.16. The summed E-state index contributed by atoms with van der Waals surface area (Å²) < 4.78 is 7.29. The number of ether oxygens (including phenoxy) is 1. The lowest BCUT2D eigenvalue weighted by molar-refractivity contribution is -0.130. The molecule has 2 N–H and O–H groups in total. The number of hydrogen-bond donors (Lipinski definition) is 2. The molecule has 1 aliphatic heterocycles. The molecule has 156 valence electrons. The Bertz CT molecular complexity index is 1060. The second-order valence-corrected chi connectivity index (χ2v) is 7.58. The topological polar surface area (TPSA) is 85.2 Å². The third-order valence-corrected chi connectivity index (χ3v) is 5.38. The molecule has 1 unspecified atom stereocenters. The number of nitrogens with zero attached hydrogens (tertiary/aromatic N) is 2. The summed E-state index contributed by atoms with van der Waals surface area (Å²) in [4.78, 5) is 29.5. The van der Waals surface area contributed by atoms with E-state index in [1.54, 1.807) is 12.1 Å². The van der Waals surface area contributed by atoms with Crippen LogP contribution in [0.25, 0.3) is 11.0 Å². The van der Waals surface area contributed by atoms with Gasteiger partial charge in [0, 0.05) is 19.6 Å². The van der Waals surface area contributed by atoms with E-state index >= 15 is 0 Å². The molecule has 2 aromatic carbocycles. The first-order valence-electron chi connectivity index (χ1n) is 9.99. The van der Waals surface area contributed by atoms with Crippen molar-refractivity contribution in [3.05, 3.63) is 59.4 Å². The minimum atomic E-state index is -0.356. The van der Waals surface area contributed by atoms with Gasteiger partial charge in [0.25, 0.3) is 0 Å². The van der Waals surface area contributed by atoms with Crippen LogP contribution < -0.4 is 10.6 Å². The molecule has 2 amide bonds. The maximum Gasteiger partial charge on any atom is 0.249 e. The molecule has 30 heavy (non-hydrogen) atoms. The summed E-state index contributed by atoms with van der Waals surface area (Å²) >= 11 is 6.14. The molecule has 8 heteroatoms. The van der Waals surface area contributed by atoms with Crippen molar-refractivity contribution in [3.8, 4) is 0 Å². The summed E-state index contributed by atoms with van der Waals surface area (Å²) in [5, 5.41) is 6.24. The number of nitrogens with one attached hydrogen (secondary N) is 2. The molecule has 1 fully saturated rings. The highest BCUT2D eigenvalue weighted by Gasteiger charge is 2.23. The van der Waals surface area contributed by atoms with Crippen LogP contribution in [0.4, 0.5) is 5.69 Å². The Hall–Kier alpha value is -2.90. The monoisotopic (exact) mass is 426 g/mol. The molecule has 1 saturated heterocycles. The van der Waals surface area contributed by atoms with Crippen LogP contribution in [0.2, 0.25) is 5.02 Å². The van der Waals surface area contributed by atoms with E-state index < -0.39 is 0 Å². The van der Waals surface area contributed by atoms with Gasteiger partial charge >= 0.3 is 0 Å². The Morgan fingerprint density at radius 2 is 1.97 bits per heavy atom. The predicted octanol–water partition coefficient (Wildman–Crippen LogP) is 3.17. The number of amides is 2. The highest BCUT2D eigenvalue weighted by molar-refractivity contribution is 6.33. The van der Waals surface area contributed by atoms with Crippen molar-refractivity contribution in [2.45, 2.75) is 31.9 Å². The van der Waals surface area contributed by atoms with Gasteiger partial charge in [-0.2, -0.15) is 0 Å². The number of imidazole rings is 1. The number of halogens is 1. The van der Waals surface area contributed by atoms with Gasteiger partial charge in [-0.15, -0.1) is 0 Å². The fourth-order valence-corrected chi connectivity index (χ4v) is 3.77. The van der Waals surface area contributed by atoms with Crippen molar-refractivity contribution >= 4 is 40.1 Å². The summed E-state index contributed by atoms with van der Waals surface area (Å²) in [6, 6.07) is 14.8. The summed E-state index contributed by atoms with van der Waals surface area (Å²) in [5.74, 6) is 0.445. The van der Waals surface area contributed by atoms with Gasteiger partial charge < -0.3 is 19.9 Å². The molecule has 0 saturated carbocycles. The zero-order valence-corrected chi connectivity index (χ0v) is 17.2. The van der Waals surface area contributed by atoms with Crippen molar-refractivity contribution in [1.82, 2.24) is 14.9 Å². The van der Waals surface area contributed by atoms with E-state index in [1.807, 2.05) is 41.0 Å². The molecule has 0 bridgehead atoms. The number of carbonyl (C=O) groups excluding carboxylic acids is 2. The van der Waals surface area contributed by atoms with Crippen LogP contribution in [0.15, 0.2) is 48.5 Å². The molecule has 0 radical (unpaired) electrons. The standard InChI is InChI=1S/C22H23ClN4O3/c23-15-6-1-2-7-16(15)26-21(28)14-27-18-9-4-3-8-17(18)25-20(27)11-12-24-22(29)19-10-5-13-30-19/h1-4,6-9,19H,5,10-14H2,(H,24,29)(H,26,28). The fraction of sp³-hybridized carbons (Fsp3) is 0.318. The number of hydrogen-bond acceptors (Lipinski definition) is 4. The van der Waals surface area contributed by atoms with Gasteiger partial charge in [-0.25, -0.2) is 4.98 Å². The largest absolute Gasteiger partial charge is 0.368 e. The van der Waals surface area contributed by atoms with E-state index in [0.29, 0.717) is 30.3 Å². The average molecular weight is 427 g/mol. The third-order valence-electron chi connectivity index (χ3n) is 5.05. The van der Waals surface area contributed by atoms with Crippen molar-refractivity contribution in [2.75, 3.05) is 18.5 Å². The minimum absolute atomic E-state index is 0.0911. The smallest absolute Gasteiger partial charge is 0.249 e. The molecule has 4 rings (SSSR count). The second kappa shape index (κ2) is 9.28. The van der Waals surface area contributed by atoms with Crippen LogP contribution in [0.5, 0.6) is 0 Å². The van der Waals surface area contributed by atoms with Crippen molar-refractivity contribution in [3.63, 3.8) is 0 Å². The minimum Gasteiger partial charge on any atom is -0.368 e. The molecular formula is C22H23ClN4O3. The van der Waals surface area contributed by atoms with E-state index in [0.717, 1.165) is 29.7 Å². The molecule has 0 spiro atoms. The third kappa shape index (κ3) is 4.63. The molecule has 2 heterocycles. The van der Waals surface area contributed by atoms with Crippen LogP contribution in [-0.2, 0) is 27.3 Å². The molecule has 0 aliphatic carbocycles. The number of rotatable bonds is 7. The van der Waals surface area contributed by atoms with Crippen molar-refractivity contribution in [1.29, 1.82) is 0 Å². The van der Waals surface area contributed by atoms with Crippen LogP contribution >= 0.6 is 11.6 Å². The van der Waals surface area contributed by atoms with Gasteiger partial charge in [0.2, 0.25) is 11.8 Å². The van der Waals surface area contributed by atoms with Crippen LogP contribution in [0.1, 0.15) is 18.7 Å². The number of anilines is 1. The van der Waals surface area contributed by atoms with Gasteiger partial charge in [0.05, 0.1) is 21.7 Å². The van der Waals surface area contributed by atoms with Gasteiger partial charge in [-0.3, -0.25) is 9.59 Å². The van der Waals surface area contributed by atoms with Crippen LogP contribution in [0, 0.1) is 0 Å². The lowest BCUT2D eigenvalue weighted by Crippen LogP contribution is -2.35. The Balaban J connectivity index is 1.46. The number of para-hydroxylation sites is 3. The van der Waals surface area contributed by atoms with Gasteiger partial charge in [-0.05, 0) is 37.1 Å². The Morgan fingerprint density at radius 3 is 2.77 bits per heavy atom. The van der Waals surface area contributed by atoms with Crippen LogP contribution in [-0.4, -0.2) is 40.6 Å². The Kier molecular flexibility index (Phi) is 6.30. The average Bonchev–Trinajstić information content (AvgIpc) is 3.39. The summed E-state index contributed by atoms with van der Waals surface area (Å²) in [7, 11) is 0. The molecular weight excluding hydrogens is 404 g/mol. The quantitative estimate of drug-likeness (QED) is 0.607. The van der Waals surface area contributed by atoms with Crippen molar-refractivity contribution in [2.24, 2.45) is 0 Å². The first kappa shape index (κ1) is 20.4. The predicted molar refractivity (Wildman–Crippen MR) is 116 cm³/mol. The fourth-order valence-electron chi connectivity index (χ4n) is 3.58. The Labute approximate surface area is 179 Å². The van der Waals surface area contributed by atoms with E-state index in [4.69, 9.17) is 16.3 Å². The first-order chi connectivity index (χ1) is 14.6. The lowest BCUT2D eigenvalue weighted by Gasteiger charge is -2.12. The van der Waals surface area contributed by atoms with E-state index in [9.17, 15) is 9.59 Å². The Morgan fingerprint density at radius 1 is 1.17 bits per heavy atom. The van der Waals surface area contributed by atoms with Crippen LogP contribution in [0.3, 0.4) is 0 Å². The molecule has 1 atom stereocenters. The molecule has 3 aromatic rings. The first-order valence-corrected chi connectivity index (χ1v) is 10.4. The van der Waals surface area contributed by atoms with Crippen molar-refractivity contribution < 1.29 is 14.3 Å². The number of carbonyl (C=O) groups is 2. The van der Waals surface area contributed by atoms with E-state index in [-0.39, 0.29) is 24.5 Å². The van der Waals surface area contributed by atoms with E-state index in [2.05, 4.69) is 15.6 Å². The highest BCUT2D eigenvalue weighted by Crippen LogP contribution is 2.21. The van der Waals surface area contributed by atoms with Gasteiger partial charge in [0.15, 0.2) is 0 Å². The second-order valence-electron chi connectivity index (χ2n) is 7.17. The molecule has 1 aliphatic rings. The molecule has 1 aromatic heterocycles. The normalized spacial score (nSPS) is 16.0. The van der Waals surface area contributed by atoms with Gasteiger partial charge in [-0.1, -0.05) is 35.9 Å². The lowest BCUT2D eigenvalue weighted by atomic mass is 10.2. The maximum absolute atomic E-state index is 12.7. The summed E-state index contributed by atoms with van der Waals surface area (Å²) in [6.07, 6.45) is 1.82. The zero-order valence-electron chi connectivity index (χ0n) is 16.4. The van der Waals surface area contributed by atoms with Gasteiger partial charge in [0.1, 0.15) is 18.5 Å². The zero-order chi connectivity index (χ0) is 20.9. The number of aromatic nitrogens is 2. The highest BCUT2D eigenvalue weighted by atomic mass is 35.5. The molecule has 7 nitrogen and oxygen atoms in total. The number of benzene rings is 2. The summed E-state index contributed by atoms with van der Waals surface area (Å²) in [5.41, 5.74) is 2.25.